The molecule has 2 aliphatic rings. The lowest BCUT2D eigenvalue weighted by atomic mass is 9.83. The van der Waals surface area contributed by atoms with Crippen molar-refractivity contribution in [1.82, 2.24) is 4.90 Å². The molecule has 0 radical (unpaired) electrons. The summed E-state index contributed by atoms with van der Waals surface area (Å²) in [4.78, 5) is 2.36. The molecule has 1 aliphatic carbocycles. The van der Waals surface area contributed by atoms with Crippen molar-refractivity contribution < 1.29 is 5.11 Å². The highest BCUT2D eigenvalue weighted by Crippen LogP contribution is 2.33. The number of β-amino-alcohol motifs (C(OH)–C–C–N with tert-alkyl or cyclic N) is 1. The predicted octanol–water partition coefficient (Wildman–Crippen LogP) is 1.63. The van der Waals surface area contributed by atoms with Gasteiger partial charge in [-0.3, -0.25) is 0 Å². The van der Waals surface area contributed by atoms with Crippen LogP contribution in [0.1, 0.15) is 38.5 Å². The number of hydrogen-bond acceptors (Lipinski definition) is 2. The highest BCUT2D eigenvalue weighted by Gasteiger charge is 2.34. The van der Waals surface area contributed by atoms with Crippen molar-refractivity contribution >= 4 is 0 Å². The van der Waals surface area contributed by atoms with Crippen LogP contribution in [0.2, 0.25) is 0 Å². The molecule has 1 aliphatic heterocycles. The molecular formula is C11H21NO. The van der Waals surface area contributed by atoms with Gasteiger partial charge in [-0.25, -0.2) is 0 Å². The Balaban J connectivity index is 1.91. The van der Waals surface area contributed by atoms with Gasteiger partial charge in [-0.05, 0) is 32.2 Å². The summed E-state index contributed by atoms with van der Waals surface area (Å²) >= 11 is 0. The molecule has 2 unspecified atom stereocenters. The summed E-state index contributed by atoms with van der Waals surface area (Å²) in [6, 6.07) is 0.676. The van der Waals surface area contributed by atoms with Crippen LogP contribution in [0, 0.1) is 5.92 Å². The van der Waals surface area contributed by atoms with E-state index in [1.807, 2.05) is 0 Å². The second-order valence-electron chi connectivity index (χ2n) is 4.79. The average Bonchev–Trinajstić information content (AvgIpc) is 2.47. The van der Waals surface area contributed by atoms with Gasteiger partial charge < -0.3 is 10.0 Å². The number of hydrogen-bond donors (Lipinski definition) is 1. The van der Waals surface area contributed by atoms with Crippen LogP contribution in [0.15, 0.2) is 0 Å². The molecule has 2 heteroatoms. The van der Waals surface area contributed by atoms with Gasteiger partial charge in [0.1, 0.15) is 0 Å². The van der Waals surface area contributed by atoms with Gasteiger partial charge >= 0.3 is 0 Å². The maximum Gasteiger partial charge on any atom is 0.0682 e. The Morgan fingerprint density at radius 3 is 2.38 bits per heavy atom. The third kappa shape index (κ3) is 2.05. The van der Waals surface area contributed by atoms with Crippen molar-refractivity contribution in [2.75, 3.05) is 13.6 Å². The summed E-state index contributed by atoms with van der Waals surface area (Å²) in [5.41, 5.74) is 0. The van der Waals surface area contributed by atoms with E-state index in [2.05, 4.69) is 11.9 Å². The SMILES string of the molecule is CN1CC(O)CC1C1CCCCC1. The van der Waals surface area contributed by atoms with Gasteiger partial charge in [-0.1, -0.05) is 19.3 Å². The van der Waals surface area contributed by atoms with Crippen molar-refractivity contribution in [2.24, 2.45) is 5.92 Å². The molecule has 0 amide bonds. The Kier molecular flexibility index (Phi) is 2.89. The van der Waals surface area contributed by atoms with Crippen LogP contribution in [0.4, 0.5) is 0 Å². The number of likely N-dealkylation sites (N-methyl/N-ethyl adjacent to an activating group) is 1. The maximum atomic E-state index is 9.56. The van der Waals surface area contributed by atoms with Gasteiger partial charge in [0.2, 0.25) is 0 Å². The number of aliphatic hydroxyl groups excluding tert-OH is 1. The highest BCUT2D eigenvalue weighted by atomic mass is 16.3. The molecule has 2 rings (SSSR count). The quantitative estimate of drug-likeness (QED) is 0.668. The van der Waals surface area contributed by atoms with E-state index in [0.717, 1.165) is 18.9 Å². The lowest BCUT2D eigenvalue weighted by molar-refractivity contribution is 0.181. The summed E-state index contributed by atoms with van der Waals surface area (Å²) in [6.07, 6.45) is 7.98. The smallest absolute Gasteiger partial charge is 0.0682 e. The second-order valence-corrected chi connectivity index (χ2v) is 4.79. The van der Waals surface area contributed by atoms with Gasteiger partial charge in [-0.2, -0.15) is 0 Å². The Morgan fingerprint density at radius 2 is 1.85 bits per heavy atom. The molecule has 2 atom stereocenters. The van der Waals surface area contributed by atoms with Gasteiger partial charge in [-0.15, -0.1) is 0 Å². The van der Waals surface area contributed by atoms with Crippen LogP contribution in [0.25, 0.3) is 0 Å². The van der Waals surface area contributed by atoms with Crippen molar-refractivity contribution in [3.63, 3.8) is 0 Å². The van der Waals surface area contributed by atoms with Crippen LogP contribution in [0.5, 0.6) is 0 Å². The van der Waals surface area contributed by atoms with Crippen LogP contribution < -0.4 is 0 Å². The van der Waals surface area contributed by atoms with Crippen molar-refractivity contribution in [2.45, 2.75) is 50.7 Å². The van der Waals surface area contributed by atoms with E-state index >= 15 is 0 Å². The number of nitrogens with zero attached hydrogens (tertiary/aromatic N) is 1. The molecule has 0 bridgehead atoms. The molecule has 0 aromatic carbocycles. The molecule has 1 saturated carbocycles. The van der Waals surface area contributed by atoms with Gasteiger partial charge in [0, 0.05) is 12.6 Å². The summed E-state index contributed by atoms with van der Waals surface area (Å²) in [5.74, 6) is 0.871. The standard InChI is InChI=1S/C11H21NO/c1-12-8-10(13)7-11(12)9-5-3-2-4-6-9/h9-11,13H,2-8H2,1H3. The molecule has 13 heavy (non-hydrogen) atoms. The zero-order valence-corrected chi connectivity index (χ0v) is 8.58. The fourth-order valence-electron chi connectivity index (χ4n) is 3.07. The maximum absolute atomic E-state index is 9.56. The molecular weight excluding hydrogens is 162 g/mol. The van der Waals surface area contributed by atoms with Crippen molar-refractivity contribution in [3.8, 4) is 0 Å². The molecule has 1 heterocycles. The van der Waals surface area contributed by atoms with Crippen molar-refractivity contribution in [3.05, 3.63) is 0 Å². The van der Waals surface area contributed by atoms with Crippen LogP contribution in [-0.4, -0.2) is 35.7 Å². The predicted molar refractivity (Wildman–Crippen MR) is 53.6 cm³/mol. The van der Waals surface area contributed by atoms with Crippen LogP contribution in [-0.2, 0) is 0 Å². The molecule has 0 aromatic rings. The number of likely N-dealkylation sites (tertiary alicyclic amines) is 1. The first-order valence-corrected chi connectivity index (χ1v) is 5.65. The van der Waals surface area contributed by atoms with E-state index in [1.165, 1.54) is 32.1 Å². The largest absolute Gasteiger partial charge is 0.392 e. The first-order chi connectivity index (χ1) is 6.27. The van der Waals surface area contributed by atoms with Crippen LogP contribution in [0.3, 0.4) is 0 Å². The molecule has 2 nitrogen and oxygen atoms in total. The van der Waals surface area contributed by atoms with E-state index in [1.54, 1.807) is 0 Å². The lowest BCUT2D eigenvalue weighted by Crippen LogP contribution is -2.33. The Labute approximate surface area is 80.9 Å². The first-order valence-electron chi connectivity index (χ1n) is 5.65. The lowest BCUT2D eigenvalue weighted by Gasteiger charge is -2.31. The van der Waals surface area contributed by atoms with E-state index in [9.17, 15) is 5.11 Å². The topological polar surface area (TPSA) is 23.5 Å². The minimum atomic E-state index is -0.0584. The molecule has 0 spiro atoms. The Hall–Kier alpha value is -0.0800. The monoisotopic (exact) mass is 183 g/mol. The molecule has 0 aromatic heterocycles. The van der Waals surface area contributed by atoms with E-state index in [4.69, 9.17) is 0 Å². The zero-order chi connectivity index (χ0) is 9.26. The Morgan fingerprint density at radius 1 is 1.15 bits per heavy atom. The normalized spacial score (nSPS) is 38.3. The van der Waals surface area contributed by atoms with Crippen LogP contribution >= 0.6 is 0 Å². The molecule has 76 valence electrons. The highest BCUT2D eigenvalue weighted by molar-refractivity contribution is 4.88. The van der Waals surface area contributed by atoms with Gasteiger partial charge in [0.25, 0.3) is 0 Å². The Bertz CT molecular complexity index is 165. The number of rotatable bonds is 1. The minimum Gasteiger partial charge on any atom is -0.392 e. The third-order valence-corrected chi connectivity index (χ3v) is 3.77. The van der Waals surface area contributed by atoms with Gasteiger partial charge in [0.05, 0.1) is 6.10 Å². The second kappa shape index (κ2) is 3.97. The van der Waals surface area contributed by atoms with Gasteiger partial charge in [0.15, 0.2) is 0 Å². The fraction of sp³-hybridized carbons (Fsp3) is 1.00. The van der Waals surface area contributed by atoms with Crippen molar-refractivity contribution in [1.29, 1.82) is 0 Å². The zero-order valence-electron chi connectivity index (χ0n) is 8.58. The summed E-state index contributed by atoms with van der Waals surface area (Å²) in [5, 5.41) is 9.56. The minimum absolute atomic E-state index is 0.0584. The average molecular weight is 183 g/mol. The molecule has 1 saturated heterocycles. The third-order valence-electron chi connectivity index (χ3n) is 3.77. The van der Waals surface area contributed by atoms with E-state index in [-0.39, 0.29) is 6.10 Å². The first kappa shape index (κ1) is 9.47. The fourth-order valence-corrected chi connectivity index (χ4v) is 3.07. The van der Waals surface area contributed by atoms with E-state index < -0.39 is 0 Å². The summed E-state index contributed by atoms with van der Waals surface area (Å²) in [7, 11) is 2.16. The summed E-state index contributed by atoms with van der Waals surface area (Å²) < 4.78 is 0. The van der Waals surface area contributed by atoms with E-state index in [0.29, 0.717) is 6.04 Å². The molecule has 2 fully saturated rings. The molecule has 1 N–H and O–H groups in total. The summed E-state index contributed by atoms with van der Waals surface area (Å²) in [6.45, 7) is 0.890. The number of aliphatic hydroxyl groups is 1.